The van der Waals surface area contributed by atoms with Crippen molar-refractivity contribution in [2.45, 2.75) is 34.6 Å². The van der Waals surface area contributed by atoms with Crippen LogP contribution in [0, 0.1) is 34.6 Å². The Kier molecular flexibility index (Phi) is 16.6. The minimum absolute atomic E-state index is 0.959. The fraction of sp³-hybridized carbons (Fsp3) is 0.0575. The number of hydrogen-bond acceptors (Lipinski definition) is 2. The van der Waals surface area contributed by atoms with Crippen molar-refractivity contribution in [3.63, 3.8) is 0 Å². The van der Waals surface area contributed by atoms with E-state index in [0.717, 1.165) is 61.7 Å². The molecule has 0 spiro atoms. The van der Waals surface area contributed by atoms with Crippen molar-refractivity contribution < 1.29 is 0 Å². The monoisotopic (exact) mass is 1140 g/mol. The summed E-state index contributed by atoms with van der Waals surface area (Å²) in [4.78, 5) is 10.4. The highest BCUT2D eigenvalue weighted by atomic mass is 14.7. The van der Waals surface area contributed by atoms with Crippen molar-refractivity contribution in [1.82, 2.24) is 9.97 Å². The molecule has 12 aromatic carbocycles. The van der Waals surface area contributed by atoms with Gasteiger partial charge < -0.3 is 0 Å². The summed E-state index contributed by atoms with van der Waals surface area (Å²) in [5, 5.41) is 0. The number of pyridine rings is 2. The van der Waals surface area contributed by atoms with Gasteiger partial charge in [-0.2, -0.15) is 0 Å². The molecule has 2 heterocycles. The van der Waals surface area contributed by atoms with Crippen LogP contribution in [0.2, 0.25) is 0 Å². The van der Waals surface area contributed by atoms with Crippen LogP contribution >= 0.6 is 0 Å². The molecule has 0 saturated carbocycles. The molecular weight excluding hydrogens is 1070 g/mol. The summed E-state index contributed by atoms with van der Waals surface area (Å²) in [7, 11) is 0. The van der Waals surface area contributed by atoms with E-state index in [1.807, 2.05) is 6.07 Å². The van der Waals surface area contributed by atoms with E-state index in [4.69, 9.17) is 9.97 Å². The maximum Gasteiger partial charge on any atom is 0.0715 e. The van der Waals surface area contributed by atoms with Crippen LogP contribution in [0.15, 0.2) is 322 Å². The molecule has 0 aliphatic rings. The van der Waals surface area contributed by atoms with Crippen LogP contribution in [0.1, 0.15) is 27.8 Å². The van der Waals surface area contributed by atoms with Crippen molar-refractivity contribution in [1.29, 1.82) is 0 Å². The second-order valence-corrected chi connectivity index (χ2v) is 23.3. The summed E-state index contributed by atoms with van der Waals surface area (Å²) in [5.74, 6) is 0. The molecule has 0 atom stereocenters. The van der Waals surface area contributed by atoms with E-state index in [9.17, 15) is 0 Å². The molecule has 0 saturated heterocycles. The van der Waals surface area contributed by atoms with Gasteiger partial charge >= 0.3 is 0 Å². The lowest BCUT2D eigenvalue weighted by molar-refractivity contribution is 1.32. The summed E-state index contributed by atoms with van der Waals surface area (Å²) in [6.07, 6.45) is 0. The number of benzene rings is 12. The van der Waals surface area contributed by atoms with Gasteiger partial charge in [0.1, 0.15) is 0 Å². The van der Waals surface area contributed by atoms with Crippen LogP contribution in [0.4, 0.5) is 0 Å². The topological polar surface area (TPSA) is 25.8 Å². The minimum Gasteiger partial charge on any atom is -0.248 e. The van der Waals surface area contributed by atoms with Crippen LogP contribution in [0.25, 0.3) is 134 Å². The lowest BCUT2D eigenvalue weighted by Gasteiger charge is -2.14. The van der Waals surface area contributed by atoms with Crippen molar-refractivity contribution in [3.05, 3.63) is 349 Å². The average Bonchev–Trinajstić information content (AvgIpc) is 1.67. The molecular formula is C87H68N2. The number of nitrogens with zero attached hydrogens (tertiary/aromatic N) is 2. The first kappa shape index (κ1) is 57.0. The smallest absolute Gasteiger partial charge is 0.0715 e. The third-order valence-corrected chi connectivity index (χ3v) is 16.8. The van der Waals surface area contributed by atoms with E-state index < -0.39 is 0 Å². The minimum atomic E-state index is 0.959. The molecule has 0 N–H and O–H groups in total. The van der Waals surface area contributed by atoms with Crippen LogP contribution in [0.5, 0.6) is 0 Å². The van der Waals surface area contributed by atoms with Gasteiger partial charge in [0.05, 0.1) is 22.8 Å². The van der Waals surface area contributed by atoms with Crippen LogP contribution < -0.4 is 0 Å². The Labute approximate surface area is 524 Å². The van der Waals surface area contributed by atoms with E-state index in [-0.39, 0.29) is 0 Å². The van der Waals surface area contributed by atoms with Gasteiger partial charge in [-0.05, 0) is 189 Å². The molecule has 14 rings (SSSR count). The normalized spacial score (nSPS) is 11.0. The predicted octanol–water partition coefficient (Wildman–Crippen LogP) is 23.7. The Morgan fingerprint density at radius 1 is 0.157 bits per heavy atom. The highest BCUT2D eigenvalue weighted by Crippen LogP contribution is 2.39. The molecule has 0 radical (unpaired) electrons. The Morgan fingerprint density at radius 3 is 0.742 bits per heavy atom. The predicted molar refractivity (Wildman–Crippen MR) is 377 cm³/mol. The summed E-state index contributed by atoms with van der Waals surface area (Å²) in [6, 6.07) is 115. The number of aromatic nitrogens is 2. The van der Waals surface area contributed by atoms with Gasteiger partial charge in [-0.3, -0.25) is 0 Å². The second-order valence-electron chi connectivity index (χ2n) is 23.3. The molecule has 2 nitrogen and oxygen atoms in total. The Hall–Kier alpha value is -11.1. The van der Waals surface area contributed by atoms with Crippen LogP contribution in [0.3, 0.4) is 0 Å². The van der Waals surface area contributed by atoms with Gasteiger partial charge in [0, 0.05) is 22.3 Å². The molecule has 2 aromatic heterocycles. The maximum absolute atomic E-state index is 5.22. The number of aryl methyl sites for hydroxylation is 5. The molecule has 2 heteroatoms. The van der Waals surface area contributed by atoms with Crippen molar-refractivity contribution >= 4 is 0 Å². The Morgan fingerprint density at radius 2 is 0.393 bits per heavy atom. The molecule has 14 aromatic rings. The molecule has 0 aliphatic carbocycles. The van der Waals surface area contributed by atoms with Crippen molar-refractivity contribution in [2.24, 2.45) is 0 Å². The van der Waals surface area contributed by atoms with E-state index in [1.54, 1.807) is 0 Å². The number of hydrogen-bond donors (Lipinski definition) is 0. The molecule has 0 unspecified atom stereocenters. The summed E-state index contributed by atoms with van der Waals surface area (Å²) < 4.78 is 0. The van der Waals surface area contributed by atoms with E-state index >= 15 is 0 Å². The van der Waals surface area contributed by atoms with Gasteiger partial charge in [0.25, 0.3) is 0 Å². The van der Waals surface area contributed by atoms with E-state index in [0.29, 0.717) is 0 Å². The van der Waals surface area contributed by atoms with Gasteiger partial charge in [-0.15, -0.1) is 0 Å². The largest absolute Gasteiger partial charge is 0.248 e. The maximum atomic E-state index is 5.22. The lowest BCUT2D eigenvalue weighted by atomic mass is 9.92. The highest BCUT2D eigenvalue weighted by Gasteiger charge is 2.15. The third-order valence-electron chi connectivity index (χ3n) is 16.8. The average molecular weight is 1140 g/mol. The Balaban J connectivity index is 0.000000169. The molecule has 89 heavy (non-hydrogen) atoms. The van der Waals surface area contributed by atoms with Crippen molar-refractivity contribution in [2.75, 3.05) is 0 Å². The fourth-order valence-corrected chi connectivity index (χ4v) is 11.8. The highest BCUT2D eigenvalue weighted by molar-refractivity contribution is 5.85. The molecule has 0 amide bonds. The van der Waals surface area contributed by atoms with E-state index in [2.05, 4.69) is 350 Å². The quantitative estimate of drug-likeness (QED) is 0.122. The Bertz CT molecular complexity index is 4700. The second kappa shape index (κ2) is 25.9. The first-order valence-corrected chi connectivity index (χ1v) is 30.7. The SMILES string of the molecule is Cc1ccc(-c2ccc(-c3cc(-c4ccccc4)nc(-c4cccc(-c5cc(C)ccc5C)c4)c3)cc2)cc1.Cc1ccc(C)c(-c2cccc(-c3cc(-c4ccc(-c5cc(-c6ccccc6)cc(-c6ccccc6)c5)cc4)cc(-c4ccccc4)n3)c2)c1. The molecule has 0 aliphatic heterocycles. The van der Waals surface area contributed by atoms with E-state index in [1.165, 1.54) is 100 Å². The molecule has 0 fully saturated rings. The number of rotatable bonds is 12. The van der Waals surface area contributed by atoms with Gasteiger partial charge in [-0.25, -0.2) is 9.97 Å². The van der Waals surface area contributed by atoms with Crippen LogP contribution in [-0.2, 0) is 0 Å². The standard InChI is InChI=1S/C49H37N.C38H31N/c1-34-21-22-35(2)47(27-34)41-19-12-20-42(28-41)49-33-46(32-48(50-49)40-17-10-5-11-18-40)39-25-23-38(24-26-39)45-30-43(36-13-6-3-7-14-36)29-44(31-45)37-15-8-4-9-16-37;1-26-13-16-29(17-14-26)30-18-20-31(21-19-30)35-24-37(32-8-5-4-6-9-32)39-38(25-35)34-11-7-10-33(23-34)36-22-27(2)12-15-28(36)3/h3-33H,1-2H3;4-25H,1-3H3. The lowest BCUT2D eigenvalue weighted by Crippen LogP contribution is -1.92. The first-order chi connectivity index (χ1) is 43.6. The van der Waals surface area contributed by atoms with Crippen LogP contribution in [-0.4, -0.2) is 9.97 Å². The van der Waals surface area contributed by atoms with Gasteiger partial charge in [0.15, 0.2) is 0 Å². The summed E-state index contributed by atoms with van der Waals surface area (Å²) in [5.41, 5.74) is 33.9. The molecule has 0 bridgehead atoms. The van der Waals surface area contributed by atoms with Crippen molar-refractivity contribution in [3.8, 4) is 134 Å². The van der Waals surface area contributed by atoms with Gasteiger partial charge in [-0.1, -0.05) is 284 Å². The fourth-order valence-electron chi connectivity index (χ4n) is 11.8. The zero-order valence-corrected chi connectivity index (χ0v) is 51.0. The van der Waals surface area contributed by atoms with Gasteiger partial charge in [0.2, 0.25) is 0 Å². The summed E-state index contributed by atoms with van der Waals surface area (Å²) in [6.45, 7) is 10.8. The zero-order valence-electron chi connectivity index (χ0n) is 51.0. The summed E-state index contributed by atoms with van der Waals surface area (Å²) >= 11 is 0. The third kappa shape index (κ3) is 13.2. The zero-order chi connectivity index (χ0) is 60.6. The first-order valence-electron chi connectivity index (χ1n) is 30.7. The molecule has 426 valence electrons.